The van der Waals surface area contributed by atoms with Crippen LogP contribution in [0.3, 0.4) is 0 Å². The molecular formula is C14H8Cl2FNO. The van der Waals surface area contributed by atoms with Crippen LogP contribution in [0.5, 0.6) is 5.75 Å². The zero-order valence-electron chi connectivity index (χ0n) is 9.66. The zero-order valence-corrected chi connectivity index (χ0v) is 11.2. The van der Waals surface area contributed by atoms with Gasteiger partial charge in [-0.25, -0.2) is 4.39 Å². The van der Waals surface area contributed by atoms with Gasteiger partial charge < -0.3 is 4.74 Å². The fourth-order valence-electron chi connectivity index (χ4n) is 1.54. The van der Waals surface area contributed by atoms with E-state index in [2.05, 4.69) is 0 Å². The summed E-state index contributed by atoms with van der Waals surface area (Å²) >= 11 is 11.7. The van der Waals surface area contributed by atoms with Gasteiger partial charge in [-0.3, -0.25) is 0 Å². The minimum atomic E-state index is -0.412. The van der Waals surface area contributed by atoms with Gasteiger partial charge in [-0.05, 0) is 30.3 Å². The third kappa shape index (κ3) is 3.17. The van der Waals surface area contributed by atoms with Crippen molar-refractivity contribution in [3.63, 3.8) is 0 Å². The van der Waals surface area contributed by atoms with Crippen molar-refractivity contribution in [2.24, 2.45) is 0 Å². The summed E-state index contributed by atoms with van der Waals surface area (Å²) in [4.78, 5) is 0. The van der Waals surface area contributed by atoms with E-state index in [0.717, 1.165) is 0 Å². The Balaban J connectivity index is 2.22. The van der Waals surface area contributed by atoms with Crippen LogP contribution < -0.4 is 4.74 Å². The maximum Gasteiger partial charge on any atom is 0.139 e. The molecule has 0 radical (unpaired) electrons. The summed E-state index contributed by atoms with van der Waals surface area (Å²) in [5, 5.41) is 9.71. The Morgan fingerprint density at radius 1 is 1.21 bits per heavy atom. The summed E-state index contributed by atoms with van der Waals surface area (Å²) in [5.41, 5.74) is 0.544. The Morgan fingerprint density at radius 3 is 2.74 bits per heavy atom. The molecule has 0 saturated carbocycles. The Kier molecular flexibility index (Phi) is 4.26. The molecule has 96 valence electrons. The molecule has 0 aromatic heterocycles. The van der Waals surface area contributed by atoms with E-state index < -0.39 is 5.82 Å². The van der Waals surface area contributed by atoms with E-state index in [0.29, 0.717) is 21.4 Å². The molecule has 0 aliphatic rings. The van der Waals surface area contributed by atoms with E-state index in [4.69, 9.17) is 33.2 Å². The summed E-state index contributed by atoms with van der Waals surface area (Å²) in [5.74, 6) is -0.0979. The van der Waals surface area contributed by atoms with Gasteiger partial charge in [0.1, 0.15) is 29.8 Å². The van der Waals surface area contributed by atoms with Crippen molar-refractivity contribution in [2.45, 2.75) is 6.61 Å². The quantitative estimate of drug-likeness (QED) is 0.830. The summed E-state index contributed by atoms with van der Waals surface area (Å²) in [7, 11) is 0. The highest BCUT2D eigenvalue weighted by Crippen LogP contribution is 2.26. The molecule has 2 nitrogen and oxygen atoms in total. The monoisotopic (exact) mass is 295 g/mol. The number of rotatable bonds is 3. The van der Waals surface area contributed by atoms with Gasteiger partial charge >= 0.3 is 0 Å². The van der Waals surface area contributed by atoms with Crippen molar-refractivity contribution in [2.75, 3.05) is 0 Å². The van der Waals surface area contributed by atoms with Crippen molar-refractivity contribution >= 4 is 23.2 Å². The molecule has 0 heterocycles. The predicted molar refractivity (Wildman–Crippen MR) is 71.9 cm³/mol. The molecule has 0 amide bonds. The molecule has 2 aromatic carbocycles. The van der Waals surface area contributed by atoms with E-state index in [9.17, 15) is 4.39 Å². The minimum Gasteiger partial charge on any atom is -0.487 e. The Hall–Kier alpha value is -1.76. The molecule has 0 unspecified atom stereocenters. The number of nitrogens with zero attached hydrogens (tertiary/aromatic N) is 1. The molecular weight excluding hydrogens is 288 g/mol. The lowest BCUT2D eigenvalue weighted by Gasteiger charge is -2.09. The van der Waals surface area contributed by atoms with Crippen molar-refractivity contribution < 1.29 is 9.13 Å². The average Bonchev–Trinajstić information content (AvgIpc) is 2.40. The minimum absolute atomic E-state index is 0.0264. The predicted octanol–water partition coefficient (Wildman–Crippen LogP) is 4.58. The Morgan fingerprint density at radius 2 is 2.00 bits per heavy atom. The maximum atomic E-state index is 13.5. The highest BCUT2D eigenvalue weighted by atomic mass is 35.5. The van der Waals surface area contributed by atoms with Crippen LogP contribution in [0.1, 0.15) is 11.1 Å². The smallest absolute Gasteiger partial charge is 0.139 e. The molecule has 0 spiro atoms. The first-order valence-corrected chi connectivity index (χ1v) is 6.12. The van der Waals surface area contributed by atoms with Gasteiger partial charge in [0.05, 0.1) is 5.02 Å². The molecule has 0 saturated heterocycles. The average molecular weight is 296 g/mol. The van der Waals surface area contributed by atoms with Gasteiger partial charge in [0, 0.05) is 10.6 Å². The summed E-state index contributed by atoms with van der Waals surface area (Å²) in [6, 6.07) is 11.0. The van der Waals surface area contributed by atoms with Crippen LogP contribution in [0.15, 0.2) is 36.4 Å². The number of hydrogen-bond donors (Lipinski definition) is 0. The van der Waals surface area contributed by atoms with Crippen molar-refractivity contribution in [1.29, 1.82) is 5.26 Å². The lowest BCUT2D eigenvalue weighted by Crippen LogP contribution is -2.00. The van der Waals surface area contributed by atoms with Crippen LogP contribution >= 0.6 is 23.2 Å². The molecule has 0 fully saturated rings. The van der Waals surface area contributed by atoms with Crippen molar-refractivity contribution in [1.82, 2.24) is 0 Å². The molecule has 0 aliphatic heterocycles. The SMILES string of the molecule is N#Cc1c(Cl)cccc1OCc1cc(Cl)ccc1F. The van der Waals surface area contributed by atoms with E-state index in [1.807, 2.05) is 6.07 Å². The summed E-state index contributed by atoms with van der Waals surface area (Å²) in [6.07, 6.45) is 0. The second kappa shape index (κ2) is 5.92. The summed E-state index contributed by atoms with van der Waals surface area (Å²) in [6.45, 7) is -0.0264. The van der Waals surface area contributed by atoms with Crippen LogP contribution in [0.25, 0.3) is 0 Å². The molecule has 19 heavy (non-hydrogen) atoms. The van der Waals surface area contributed by atoms with E-state index in [1.54, 1.807) is 18.2 Å². The topological polar surface area (TPSA) is 33.0 Å². The molecule has 5 heteroatoms. The van der Waals surface area contributed by atoms with Gasteiger partial charge in [0.15, 0.2) is 0 Å². The van der Waals surface area contributed by atoms with Gasteiger partial charge in [0.25, 0.3) is 0 Å². The van der Waals surface area contributed by atoms with Crippen LogP contribution in [0, 0.1) is 17.1 Å². The fraction of sp³-hybridized carbons (Fsp3) is 0.0714. The van der Waals surface area contributed by atoms with E-state index in [-0.39, 0.29) is 12.2 Å². The number of nitriles is 1. The normalized spacial score (nSPS) is 10.0. The third-order valence-electron chi connectivity index (χ3n) is 2.48. The number of halogens is 3. The van der Waals surface area contributed by atoms with Crippen molar-refractivity contribution in [3.8, 4) is 11.8 Å². The van der Waals surface area contributed by atoms with E-state index in [1.165, 1.54) is 18.2 Å². The number of hydrogen-bond acceptors (Lipinski definition) is 2. The van der Waals surface area contributed by atoms with Crippen LogP contribution in [0.4, 0.5) is 4.39 Å². The molecule has 2 rings (SSSR count). The third-order valence-corrected chi connectivity index (χ3v) is 3.03. The highest BCUT2D eigenvalue weighted by Gasteiger charge is 2.09. The second-order valence-electron chi connectivity index (χ2n) is 3.75. The Bertz CT molecular complexity index is 652. The molecule has 0 aliphatic carbocycles. The summed E-state index contributed by atoms with van der Waals surface area (Å²) < 4.78 is 18.9. The van der Waals surface area contributed by atoms with Gasteiger partial charge in [0.2, 0.25) is 0 Å². The number of ether oxygens (including phenoxy) is 1. The largest absolute Gasteiger partial charge is 0.487 e. The Labute approximate surface area is 119 Å². The lowest BCUT2D eigenvalue weighted by molar-refractivity contribution is 0.299. The van der Waals surface area contributed by atoms with Crippen LogP contribution in [-0.4, -0.2) is 0 Å². The van der Waals surface area contributed by atoms with Crippen LogP contribution in [-0.2, 0) is 6.61 Å². The first kappa shape index (κ1) is 13.7. The first-order valence-electron chi connectivity index (χ1n) is 5.37. The van der Waals surface area contributed by atoms with Gasteiger partial charge in [-0.15, -0.1) is 0 Å². The fourth-order valence-corrected chi connectivity index (χ4v) is 1.95. The maximum absolute atomic E-state index is 13.5. The molecule has 0 bridgehead atoms. The van der Waals surface area contributed by atoms with Crippen LogP contribution in [0.2, 0.25) is 10.0 Å². The van der Waals surface area contributed by atoms with Gasteiger partial charge in [-0.1, -0.05) is 29.3 Å². The standard InChI is InChI=1S/C14H8Cl2FNO/c15-10-4-5-13(17)9(6-10)8-19-14-3-1-2-12(16)11(14)7-18/h1-6H,8H2. The second-order valence-corrected chi connectivity index (χ2v) is 4.59. The zero-order chi connectivity index (χ0) is 13.8. The van der Waals surface area contributed by atoms with Crippen molar-refractivity contribution in [3.05, 3.63) is 63.4 Å². The number of benzene rings is 2. The first-order chi connectivity index (χ1) is 9.11. The lowest BCUT2D eigenvalue weighted by atomic mass is 10.2. The van der Waals surface area contributed by atoms with Gasteiger partial charge in [-0.2, -0.15) is 5.26 Å². The van der Waals surface area contributed by atoms with E-state index >= 15 is 0 Å². The molecule has 2 aromatic rings. The highest BCUT2D eigenvalue weighted by molar-refractivity contribution is 6.32. The molecule has 0 N–H and O–H groups in total. The molecule has 0 atom stereocenters.